The van der Waals surface area contributed by atoms with Gasteiger partial charge >= 0.3 is 0 Å². The van der Waals surface area contributed by atoms with Gasteiger partial charge in [0.25, 0.3) is 5.91 Å². The lowest BCUT2D eigenvalue weighted by Gasteiger charge is -2.04. The summed E-state index contributed by atoms with van der Waals surface area (Å²) in [7, 11) is 1.46. The molecule has 0 saturated carbocycles. The lowest BCUT2D eigenvalue weighted by atomic mass is 10.1. The van der Waals surface area contributed by atoms with E-state index in [1.54, 1.807) is 18.2 Å². The molecule has 0 bridgehead atoms. The van der Waals surface area contributed by atoms with Gasteiger partial charge in [0.05, 0.1) is 36.1 Å². The number of methoxy groups -OCH3 is 1. The van der Waals surface area contributed by atoms with Crippen LogP contribution in [0.4, 0.5) is 0 Å². The van der Waals surface area contributed by atoms with Crippen LogP contribution in [0.1, 0.15) is 27.4 Å². The van der Waals surface area contributed by atoms with Crippen molar-refractivity contribution in [2.75, 3.05) is 7.11 Å². The molecule has 162 valence electrons. The molecule has 0 spiro atoms. The highest BCUT2D eigenvalue weighted by molar-refractivity contribution is 5.94. The van der Waals surface area contributed by atoms with Crippen molar-refractivity contribution in [1.82, 2.24) is 25.4 Å². The summed E-state index contributed by atoms with van der Waals surface area (Å²) in [4.78, 5) is 12.5. The van der Waals surface area contributed by atoms with E-state index in [1.807, 2.05) is 48.9 Å². The standard InChI is InChI=1S/C23H22N6O3/c1-14-22(15(2)29(28-14)17-7-5-4-6-8-17)18-12-19(26-25-18)23(31)27-24-13-16-9-10-20(30)21(11-16)32-3/h4-13,30H,1-3H3,(H,25,26)(H,27,31)/b24-13-. The number of aryl methyl sites for hydroxylation is 1. The highest BCUT2D eigenvalue weighted by Gasteiger charge is 2.18. The van der Waals surface area contributed by atoms with E-state index < -0.39 is 5.91 Å². The predicted octanol–water partition coefficient (Wildman–Crippen LogP) is 3.36. The van der Waals surface area contributed by atoms with Crippen LogP contribution in [0.15, 0.2) is 59.7 Å². The molecule has 2 heterocycles. The summed E-state index contributed by atoms with van der Waals surface area (Å²) in [5, 5.41) is 25.3. The average Bonchev–Trinajstić information content (AvgIpc) is 3.39. The Bertz CT molecular complexity index is 1290. The number of hydrazone groups is 1. The van der Waals surface area contributed by atoms with Gasteiger partial charge in [0, 0.05) is 5.56 Å². The molecule has 4 rings (SSSR count). The van der Waals surface area contributed by atoms with Gasteiger partial charge in [0.15, 0.2) is 11.5 Å². The first kappa shape index (κ1) is 20.9. The number of aromatic hydroxyl groups is 1. The number of hydrogen-bond donors (Lipinski definition) is 3. The van der Waals surface area contributed by atoms with E-state index in [0.717, 1.165) is 22.6 Å². The van der Waals surface area contributed by atoms with Gasteiger partial charge in [-0.1, -0.05) is 18.2 Å². The first-order chi connectivity index (χ1) is 15.5. The van der Waals surface area contributed by atoms with Crippen LogP contribution in [0.3, 0.4) is 0 Å². The van der Waals surface area contributed by atoms with E-state index in [4.69, 9.17) is 4.74 Å². The molecule has 0 aliphatic heterocycles. The van der Waals surface area contributed by atoms with Crippen molar-refractivity contribution in [3.8, 4) is 28.4 Å². The number of hydrogen-bond acceptors (Lipinski definition) is 6. The Kier molecular flexibility index (Phi) is 5.71. The summed E-state index contributed by atoms with van der Waals surface area (Å²) in [6, 6.07) is 16.2. The average molecular weight is 430 g/mol. The van der Waals surface area contributed by atoms with E-state index in [9.17, 15) is 9.90 Å². The summed E-state index contributed by atoms with van der Waals surface area (Å²) in [6.45, 7) is 3.87. The Balaban J connectivity index is 1.51. The lowest BCUT2D eigenvalue weighted by Crippen LogP contribution is -2.18. The van der Waals surface area contributed by atoms with Crippen LogP contribution in [-0.4, -0.2) is 44.3 Å². The van der Waals surface area contributed by atoms with Gasteiger partial charge in [-0.3, -0.25) is 9.89 Å². The third-order valence-corrected chi connectivity index (χ3v) is 4.95. The Labute approximate surface area is 184 Å². The maximum atomic E-state index is 12.5. The molecular formula is C23H22N6O3. The van der Waals surface area contributed by atoms with E-state index in [2.05, 4.69) is 25.8 Å². The van der Waals surface area contributed by atoms with E-state index in [-0.39, 0.29) is 11.4 Å². The molecule has 0 unspecified atom stereocenters. The summed E-state index contributed by atoms with van der Waals surface area (Å²) in [5.41, 5.74) is 7.56. The fraction of sp³-hybridized carbons (Fsp3) is 0.130. The summed E-state index contributed by atoms with van der Waals surface area (Å²) < 4.78 is 6.91. The quantitative estimate of drug-likeness (QED) is 0.320. The largest absolute Gasteiger partial charge is 0.504 e. The zero-order valence-corrected chi connectivity index (χ0v) is 17.8. The van der Waals surface area contributed by atoms with Gasteiger partial charge in [-0.2, -0.15) is 15.3 Å². The predicted molar refractivity (Wildman–Crippen MR) is 120 cm³/mol. The van der Waals surface area contributed by atoms with Crippen molar-refractivity contribution in [2.45, 2.75) is 13.8 Å². The van der Waals surface area contributed by atoms with Crippen molar-refractivity contribution in [2.24, 2.45) is 5.10 Å². The highest BCUT2D eigenvalue weighted by atomic mass is 16.5. The number of aromatic nitrogens is 4. The molecule has 32 heavy (non-hydrogen) atoms. The second-order valence-corrected chi connectivity index (χ2v) is 7.09. The summed E-state index contributed by atoms with van der Waals surface area (Å²) in [5.74, 6) is -0.0865. The maximum Gasteiger partial charge on any atom is 0.289 e. The van der Waals surface area contributed by atoms with Crippen LogP contribution in [-0.2, 0) is 0 Å². The second-order valence-electron chi connectivity index (χ2n) is 7.09. The van der Waals surface area contributed by atoms with Gasteiger partial charge < -0.3 is 9.84 Å². The minimum absolute atomic E-state index is 0.0276. The minimum atomic E-state index is -0.434. The number of phenols is 1. The van der Waals surface area contributed by atoms with Crippen molar-refractivity contribution >= 4 is 12.1 Å². The SMILES string of the molecule is COc1cc(/C=N\NC(=O)c2cc(-c3c(C)nn(-c4ccccc4)c3C)n[nH]2)ccc1O. The molecule has 4 aromatic rings. The summed E-state index contributed by atoms with van der Waals surface area (Å²) in [6.07, 6.45) is 1.45. The number of benzene rings is 2. The number of aromatic amines is 1. The zero-order chi connectivity index (χ0) is 22.7. The van der Waals surface area contributed by atoms with Crippen molar-refractivity contribution < 1.29 is 14.6 Å². The molecular weight excluding hydrogens is 408 g/mol. The third kappa shape index (κ3) is 4.08. The van der Waals surface area contributed by atoms with E-state index >= 15 is 0 Å². The topological polar surface area (TPSA) is 117 Å². The van der Waals surface area contributed by atoms with Crippen molar-refractivity contribution in [3.63, 3.8) is 0 Å². The molecule has 0 aliphatic carbocycles. The van der Waals surface area contributed by atoms with Crippen molar-refractivity contribution in [1.29, 1.82) is 0 Å². The van der Waals surface area contributed by atoms with Gasteiger partial charge in [0.2, 0.25) is 0 Å². The number of nitrogens with one attached hydrogen (secondary N) is 2. The Morgan fingerprint density at radius 2 is 1.97 bits per heavy atom. The molecule has 2 aromatic heterocycles. The number of rotatable bonds is 6. The van der Waals surface area contributed by atoms with Crippen LogP contribution in [0.25, 0.3) is 16.9 Å². The number of ether oxygens (including phenoxy) is 1. The smallest absolute Gasteiger partial charge is 0.289 e. The van der Waals surface area contributed by atoms with Gasteiger partial charge in [0.1, 0.15) is 5.69 Å². The first-order valence-corrected chi connectivity index (χ1v) is 9.85. The normalized spacial score (nSPS) is 11.1. The molecule has 9 nitrogen and oxygen atoms in total. The highest BCUT2D eigenvalue weighted by Crippen LogP contribution is 2.28. The van der Waals surface area contributed by atoms with Crippen LogP contribution < -0.4 is 10.2 Å². The van der Waals surface area contributed by atoms with E-state index in [0.29, 0.717) is 17.0 Å². The molecule has 0 atom stereocenters. The molecule has 9 heteroatoms. The fourth-order valence-corrected chi connectivity index (χ4v) is 3.40. The molecule has 0 fully saturated rings. The fourth-order valence-electron chi connectivity index (χ4n) is 3.40. The van der Waals surface area contributed by atoms with Gasteiger partial charge in [-0.25, -0.2) is 10.1 Å². The van der Waals surface area contributed by atoms with E-state index in [1.165, 1.54) is 19.4 Å². The molecule has 1 amide bonds. The number of amides is 1. The summed E-state index contributed by atoms with van der Waals surface area (Å²) >= 11 is 0. The maximum absolute atomic E-state index is 12.5. The second kappa shape index (κ2) is 8.76. The number of carbonyl (C=O) groups excluding carboxylic acids is 1. The Morgan fingerprint density at radius 3 is 2.72 bits per heavy atom. The van der Waals surface area contributed by atoms with Crippen LogP contribution in [0, 0.1) is 13.8 Å². The molecule has 2 aromatic carbocycles. The monoisotopic (exact) mass is 430 g/mol. The van der Waals surface area contributed by atoms with Crippen LogP contribution >= 0.6 is 0 Å². The molecule has 0 aliphatic rings. The number of carbonyl (C=O) groups is 1. The first-order valence-electron chi connectivity index (χ1n) is 9.85. The minimum Gasteiger partial charge on any atom is -0.504 e. The van der Waals surface area contributed by atoms with Gasteiger partial charge in [-0.15, -0.1) is 0 Å². The zero-order valence-electron chi connectivity index (χ0n) is 17.8. The number of phenolic OH excluding ortho intramolecular Hbond substituents is 1. The molecule has 0 radical (unpaired) electrons. The Hall–Kier alpha value is -4.40. The molecule has 0 saturated heterocycles. The molecule has 3 N–H and O–H groups in total. The Morgan fingerprint density at radius 1 is 1.19 bits per heavy atom. The van der Waals surface area contributed by atoms with Crippen LogP contribution in [0.5, 0.6) is 11.5 Å². The number of H-pyrrole nitrogens is 1. The third-order valence-electron chi connectivity index (χ3n) is 4.95. The van der Waals surface area contributed by atoms with Gasteiger partial charge in [-0.05, 0) is 55.8 Å². The van der Waals surface area contributed by atoms with Crippen molar-refractivity contribution in [3.05, 3.63) is 77.2 Å². The number of nitrogens with zero attached hydrogens (tertiary/aromatic N) is 4. The lowest BCUT2D eigenvalue weighted by molar-refractivity contribution is 0.0950. The number of para-hydroxylation sites is 1. The van der Waals surface area contributed by atoms with Crippen LogP contribution in [0.2, 0.25) is 0 Å².